The topological polar surface area (TPSA) is 114 Å². The summed E-state index contributed by atoms with van der Waals surface area (Å²) in [6, 6.07) is 17.7. The van der Waals surface area contributed by atoms with Crippen LogP contribution in [0.5, 0.6) is 0 Å². The summed E-state index contributed by atoms with van der Waals surface area (Å²) in [5.41, 5.74) is 4.49. The summed E-state index contributed by atoms with van der Waals surface area (Å²) in [6.07, 6.45) is -1.23. The Morgan fingerprint density at radius 2 is 1.71 bits per heavy atom. The van der Waals surface area contributed by atoms with Crippen LogP contribution >= 0.6 is 11.3 Å². The second kappa shape index (κ2) is 9.89. The van der Waals surface area contributed by atoms with Crippen LogP contribution in [0.25, 0.3) is 11.1 Å². The van der Waals surface area contributed by atoms with Crippen LogP contribution in [0.2, 0.25) is 0 Å². The number of nitrogens with one attached hydrogen (secondary N) is 2. The minimum atomic E-state index is -1.18. The molecule has 3 aromatic rings. The summed E-state index contributed by atoms with van der Waals surface area (Å²) in [7, 11) is 0. The molecule has 3 unspecified atom stereocenters. The molecule has 3 N–H and O–H groups in total. The summed E-state index contributed by atoms with van der Waals surface area (Å²) < 4.78 is 11.1. The monoisotopic (exact) mass is 492 g/mol. The van der Waals surface area contributed by atoms with Crippen LogP contribution in [0.15, 0.2) is 66.0 Å². The van der Waals surface area contributed by atoms with Gasteiger partial charge in [-0.1, -0.05) is 54.6 Å². The first-order chi connectivity index (χ1) is 17.0. The summed E-state index contributed by atoms with van der Waals surface area (Å²) in [5.74, 6) is -1.83. The molecule has 0 bridgehead atoms. The van der Waals surface area contributed by atoms with Crippen molar-refractivity contribution in [3.63, 3.8) is 0 Å². The number of thiophene rings is 1. The van der Waals surface area contributed by atoms with Gasteiger partial charge >= 0.3 is 12.1 Å². The Morgan fingerprint density at radius 3 is 2.34 bits per heavy atom. The van der Waals surface area contributed by atoms with Crippen molar-refractivity contribution in [1.82, 2.24) is 10.6 Å². The van der Waals surface area contributed by atoms with Crippen LogP contribution in [0.1, 0.15) is 34.4 Å². The van der Waals surface area contributed by atoms with Crippen LogP contribution < -0.4 is 10.6 Å². The van der Waals surface area contributed by atoms with Crippen LogP contribution in [-0.4, -0.2) is 48.4 Å². The van der Waals surface area contributed by atoms with Crippen molar-refractivity contribution in [3.8, 4) is 11.1 Å². The second-order valence-corrected chi connectivity index (χ2v) is 9.43. The van der Waals surface area contributed by atoms with Crippen molar-refractivity contribution in [3.05, 3.63) is 82.0 Å². The van der Waals surface area contributed by atoms with E-state index >= 15 is 0 Å². The highest BCUT2D eigenvalue weighted by Crippen LogP contribution is 2.44. The fourth-order valence-corrected chi connectivity index (χ4v) is 5.49. The highest BCUT2D eigenvalue weighted by molar-refractivity contribution is 7.10. The number of carbonyl (C=O) groups excluding carboxylic acids is 2. The molecule has 2 amide bonds. The first-order valence-electron chi connectivity index (χ1n) is 11.3. The Bertz CT molecular complexity index is 1200. The van der Waals surface area contributed by atoms with Gasteiger partial charge < -0.3 is 25.2 Å². The van der Waals surface area contributed by atoms with Gasteiger partial charge in [0.1, 0.15) is 6.61 Å². The zero-order chi connectivity index (χ0) is 24.4. The van der Waals surface area contributed by atoms with E-state index in [1.54, 1.807) is 17.5 Å². The molecule has 0 radical (unpaired) electrons. The van der Waals surface area contributed by atoms with Gasteiger partial charge in [0, 0.05) is 17.4 Å². The largest absolute Gasteiger partial charge is 0.479 e. The van der Waals surface area contributed by atoms with E-state index in [9.17, 15) is 19.5 Å². The van der Waals surface area contributed by atoms with Crippen LogP contribution in [0.3, 0.4) is 0 Å². The molecule has 1 saturated heterocycles. The molecule has 0 saturated carbocycles. The van der Waals surface area contributed by atoms with Gasteiger partial charge in [-0.05, 0) is 40.1 Å². The number of amides is 2. The minimum Gasteiger partial charge on any atom is -0.479 e. The molecule has 1 fully saturated rings. The van der Waals surface area contributed by atoms with Gasteiger partial charge in [0.25, 0.3) is 5.91 Å². The first kappa shape index (κ1) is 23.1. The number of carbonyl (C=O) groups is 3. The molecular formula is C26H24N2O6S. The zero-order valence-corrected chi connectivity index (χ0v) is 19.5. The lowest BCUT2D eigenvalue weighted by Crippen LogP contribution is -2.49. The third-order valence-corrected chi connectivity index (χ3v) is 7.30. The van der Waals surface area contributed by atoms with Crippen molar-refractivity contribution < 1.29 is 29.0 Å². The maximum Gasteiger partial charge on any atom is 0.407 e. The van der Waals surface area contributed by atoms with E-state index in [1.165, 1.54) is 11.3 Å². The minimum absolute atomic E-state index is 0.0748. The molecule has 1 aliphatic heterocycles. The van der Waals surface area contributed by atoms with E-state index in [4.69, 9.17) is 9.47 Å². The number of alkyl carbamates (subject to hydrolysis) is 1. The SMILES string of the molecule is O=C(NC1CCOC1C(=O)NC(C(=O)O)c1cccs1)OCC1c2ccccc2-c2ccccc21. The summed E-state index contributed by atoms with van der Waals surface area (Å²) in [6.45, 7) is 0.424. The maximum atomic E-state index is 12.8. The molecule has 180 valence electrons. The number of carboxylic acids is 1. The molecule has 2 aromatic carbocycles. The first-order valence-corrected chi connectivity index (χ1v) is 12.2. The molecule has 1 aliphatic carbocycles. The Kier molecular flexibility index (Phi) is 6.52. The Labute approximate surface area is 205 Å². The standard InChI is InChI=1S/C26H24N2O6S/c29-24(28-22(25(30)31)21-10-5-13-35-21)23-20(11-12-33-23)27-26(32)34-14-19-17-8-3-1-6-15(17)16-7-2-4-9-18(16)19/h1-10,13,19-20,22-23H,11-12,14H2,(H,27,32)(H,28,29)(H,30,31). The number of aliphatic carboxylic acids is 1. The normalized spacial score (nSPS) is 19.4. The van der Waals surface area contributed by atoms with Crippen molar-refractivity contribution in [1.29, 1.82) is 0 Å². The lowest BCUT2D eigenvalue weighted by molar-refractivity contribution is -0.144. The molecule has 9 heteroatoms. The fourth-order valence-electron chi connectivity index (χ4n) is 4.72. The number of fused-ring (bicyclic) bond motifs is 3. The van der Waals surface area contributed by atoms with Crippen LogP contribution in [0, 0.1) is 0 Å². The van der Waals surface area contributed by atoms with Crippen LogP contribution in [0.4, 0.5) is 4.79 Å². The van der Waals surface area contributed by atoms with Crippen LogP contribution in [-0.2, 0) is 19.1 Å². The Hall–Kier alpha value is -3.69. The lowest BCUT2D eigenvalue weighted by atomic mass is 9.98. The van der Waals surface area contributed by atoms with E-state index in [0.29, 0.717) is 11.3 Å². The maximum absolute atomic E-state index is 12.8. The quantitative estimate of drug-likeness (QED) is 0.464. The summed E-state index contributed by atoms with van der Waals surface area (Å²) >= 11 is 1.24. The predicted octanol–water partition coefficient (Wildman–Crippen LogP) is 3.69. The lowest BCUT2D eigenvalue weighted by Gasteiger charge is -2.22. The number of hydrogen-bond acceptors (Lipinski definition) is 6. The highest BCUT2D eigenvalue weighted by atomic mass is 32.1. The molecule has 35 heavy (non-hydrogen) atoms. The molecule has 2 heterocycles. The Morgan fingerprint density at radius 1 is 1.03 bits per heavy atom. The zero-order valence-electron chi connectivity index (χ0n) is 18.7. The van der Waals surface area contributed by atoms with Crippen molar-refractivity contribution in [2.45, 2.75) is 30.5 Å². The fraction of sp³-hybridized carbons (Fsp3) is 0.269. The van der Waals surface area contributed by atoms with E-state index in [0.717, 1.165) is 22.3 Å². The number of benzene rings is 2. The number of rotatable bonds is 7. The smallest absolute Gasteiger partial charge is 0.407 e. The highest BCUT2D eigenvalue weighted by Gasteiger charge is 2.38. The molecular weight excluding hydrogens is 468 g/mol. The summed E-state index contributed by atoms with van der Waals surface area (Å²) in [5, 5.41) is 16.5. The van der Waals surface area contributed by atoms with Gasteiger partial charge in [-0.25, -0.2) is 9.59 Å². The van der Waals surface area contributed by atoms with Gasteiger partial charge in [-0.15, -0.1) is 11.3 Å². The average molecular weight is 493 g/mol. The van der Waals surface area contributed by atoms with E-state index < -0.39 is 36.2 Å². The van der Waals surface area contributed by atoms with E-state index in [-0.39, 0.29) is 19.1 Å². The third kappa shape index (κ3) is 4.65. The van der Waals surface area contributed by atoms with Gasteiger partial charge in [-0.2, -0.15) is 0 Å². The number of hydrogen-bond donors (Lipinski definition) is 3. The van der Waals surface area contributed by atoms with E-state index in [2.05, 4.69) is 22.8 Å². The number of ether oxygens (including phenoxy) is 2. The molecule has 1 aromatic heterocycles. The number of carboxylic acid groups (broad SMARTS) is 1. The van der Waals surface area contributed by atoms with Gasteiger partial charge in [-0.3, -0.25) is 4.79 Å². The predicted molar refractivity (Wildman–Crippen MR) is 129 cm³/mol. The second-order valence-electron chi connectivity index (χ2n) is 8.45. The summed E-state index contributed by atoms with van der Waals surface area (Å²) in [4.78, 5) is 37.6. The van der Waals surface area contributed by atoms with E-state index in [1.807, 2.05) is 36.4 Å². The Balaban J connectivity index is 1.21. The van der Waals surface area contributed by atoms with Crippen molar-refractivity contribution in [2.24, 2.45) is 0 Å². The third-order valence-electron chi connectivity index (χ3n) is 6.36. The molecule has 0 spiro atoms. The molecule has 3 atom stereocenters. The average Bonchev–Trinajstić information content (AvgIpc) is 3.61. The molecule has 2 aliphatic rings. The van der Waals surface area contributed by atoms with Gasteiger partial charge in [0.2, 0.25) is 0 Å². The van der Waals surface area contributed by atoms with Crippen molar-refractivity contribution >= 4 is 29.3 Å². The molecule has 8 nitrogen and oxygen atoms in total. The molecule has 5 rings (SSSR count). The van der Waals surface area contributed by atoms with Gasteiger partial charge in [0.05, 0.1) is 6.04 Å². The van der Waals surface area contributed by atoms with Crippen molar-refractivity contribution in [2.75, 3.05) is 13.2 Å². The van der Waals surface area contributed by atoms with Gasteiger partial charge in [0.15, 0.2) is 12.1 Å².